The highest BCUT2D eigenvalue weighted by Gasteiger charge is 2.25. The third-order valence-corrected chi connectivity index (χ3v) is 3.85. The predicted octanol–water partition coefficient (Wildman–Crippen LogP) is 2.21. The van der Waals surface area contributed by atoms with Gasteiger partial charge < -0.3 is 4.90 Å². The number of benzene rings is 1. The van der Waals surface area contributed by atoms with Crippen molar-refractivity contribution in [2.45, 2.75) is 25.2 Å². The smallest absolute Gasteiger partial charge is 0.291 e. The lowest BCUT2D eigenvalue weighted by Crippen LogP contribution is -2.34. The van der Waals surface area contributed by atoms with Crippen LogP contribution in [0.1, 0.15) is 41.4 Å². The number of aromatic nitrogens is 3. The molecular weight excluding hydrogens is 252 g/mol. The highest BCUT2D eigenvalue weighted by atomic mass is 16.2. The van der Waals surface area contributed by atoms with Crippen LogP contribution in [0, 0.1) is 0 Å². The topological polar surface area (TPSA) is 61.9 Å². The molecule has 1 aliphatic heterocycles. The Labute approximate surface area is 118 Å². The van der Waals surface area contributed by atoms with Crippen molar-refractivity contribution in [3.63, 3.8) is 0 Å². The molecule has 1 saturated heterocycles. The van der Waals surface area contributed by atoms with Crippen LogP contribution in [-0.2, 0) is 0 Å². The molecule has 104 valence electrons. The van der Waals surface area contributed by atoms with Crippen LogP contribution in [0.15, 0.2) is 36.7 Å². The molecule has 1 N–H and O–H groups in total. The molecule has 1 aromatic carbocycles. The first-order chi connectivity index (χ1) is 9.84. The molecule has 0 bridgehead atoms. The second kappa shape index (κ2) is 5.86. The van der Waals surface area contributed by atoms with Gasteiger partial charge in [-0.15, -0.1) is 0 Å². The number of hydrogen-bond donors (Lipinski definition) is 1. The Morgan fingerprint density at radius 3 is 2.85 bits per heavy atom. The van der Waals surface area contributed by atoms with Gasteiger partial charge in [0.2, 0.25) is 5.82 Å². The Bertz CT molecular complexity index is 553. The van der Waals surface area contributed by atoms with Crippen LogP contribution in [0.5, 0.6) is 0 Å². The van der Waals surface area contributed by atoms with E-state index in [0.29, 0.717) is 11.7 Å². The first-order valence-electron chi connectivity index (χ1n) is 7.04. The van der Waals surface area contributed by atoms with Crippen LogP contribution < -0.4 is 0 Å². The van der Waals surface area contributed by atoms with Crippen molar-refractivity contribution in [1.29, 1.82) is 0 Å². The largest absolute Gasteiger partial charge is 0.335 e. The zero-order valence-electron chi connectivity index (χ0n) is 11.3. The Kier molecular flexibility index (Phi) is 3.76. The molecule has 1 amide bonds. The molecule has 0 aliphatic carbocycles. The lowest BCUT2D eigenvalue weighted by Gasteiger charge is -2.23. The van der Waals surface area contributed by atoms with Crippen molar-refractivity contribution < 1.29 is 4.79 Å². The summed E-state index contributed by atoms with van der Waals surface area (Å²) in [6, 6.07) is 10.4. The quantitative estimate of drug-likeness (QED) is 0.910. The molecule has 5 heteroatoms. The third kappa shape index (κ3) is 2.71. The average Bonchev–Trinajstić information content (AvgIpc) is 2.92. The molecule has 1 aromatic heterocycles. The summed E-state index contributed by atoms with van der Waals surface area (Å²) in [7, 11) is 0. The molecule has 0 spiro atoms. The van der Waals surface area contributed by atoms with E-state index in [1.807, 2.05) is 11.0 Å². The van der Waals surface area contributed by atoms with Crippen molar-refractivity contribution in [3.8, 4) is 0 Å². The molecule has 1 aliphatic rings. The maximum absolute atomic E-state index is 12.4. The summed E-state index contributed by atoms with van der Waals surface area (Å²) < 4.78 is 0. The Balaban J connectivity index is 1.77. The van der Waals surface area contributed by atoms with Crippen molar-refractivity contribution in [1.82, 2.24) is 20.1 Å². The van der Waals surface area contributed by atoms with Crippen LogP contribution in [0.4, 0.5) is 0 Å². The number of likely N-dealkylation sites (tertiary alicyclic amines) is 1. The second-order valence-electron chi connectivity index (χ2n) is 5.19. The first kappa shape index (κ1) is 12.8. The fourth-order valence-electron chi connectivity index (χ4n) is 2.78. The third-order valence-electron chi connectivity index (χ3n) is 3.85. The van der Waals surface area contributed by atoms with E-state index in [2.05, 4.69) is 39.4 Å². The summed E-state index contributed by atoms with van der Waals surface area (Å²) in [5.74, 6) is 0.689. The van der Waals surface area contributed by atoms with Crippen molar-refractivity contribution >= 4 is 5.91 Å². The minimum absolute atomic E-state index is 0.0506. The lowest BCUT2D eigenvalue weighted by molar-refractivity contribution is 0.0742. The van der Waals surface area contributed by atoms with Crippen molar-refractivity contribution in [2.75, 3.05) is 13.1 Å². The Morgan fingerprint density at radius 2 is 2.10 bits per heavy atom. The fraction of sp³-hybridized carbons (Fsp3) is 0.400. The van der Waals surface area contributed by atoms with E-state index in [9.17, 15) is 4.79 Å². The van der Waals surface area contributed by atoms with Gasteiger partial charge in [0.1, 0.15) is 6.33 Å². The normalized spacial score (nSPS) is 19.6. The molecule has 2 heterocycles. The zero-order chi connectivity index (χ0) is 13.8. The van der Waals surface area contributed by atoms with Gasteiger partial charge in [0.05, 0.1) is 0 Å². The fourth-order valence-corrected chi connectivity index (χ4v) is 2.78. The van der Waals surface area contributed by atoms with Gasteiger partial charge in [0, 0.05) is 19.0 Å². The van der Waals surface area contributed by atoms with E-state index in [0.717, 1.165) is 32.4 Å². The number of aromatic amines is 1. The molecule has 1 fully saturated rings. The van der Waals surface area contributed by atoms with Crippen LogP contribution >= 0.6 is 0 Å². The van der Waals surface area contributed by atoms with Gasteiger partial charge in [-0.1, -0.05) is 36.8 Å². The van der Waals surface area contributed by atoms with E-state index in [1.165, 1.54) is 11.9 Å². The summed E-state index contributed by atoms with van der Waals surface area (Å²) in [4.78, 5) is 18.2. The molecular formula is C15H18N4O. The van der Waals surface area contributed by atoms with Gasteiger partial charge in [-0.3, -0.25) is 9.89 Å². The number of H-pyrrole nitrogens is 1. The molecule has 1 unspecified atom stereocenters. The Morgan fingerprint density at radius 1 is 1.25 bits per heavy atom. The zero-order valence-corrected chi connectivity index (χ0v) is 11.3. The van der Waals surface area contributed by atoms with Crippen molar-refractivity contribution in [3.05, 3.63) is 48.0 Å². The molecule has 5 nitrogen and oxygen atoms in total. The molecule has 3 rings (SSSR count). The number of nitrogens with one attached hydrogen (secondary N) is 1. The number of carbonyl (C=O) groups is 1. The number of amides is 1. The second-order valence-corrected chi connectivity index (χ2v) is 5.19. The predicted molar refractivity (Wildman–Crippen MR) is 75.3 cm³/mol. The standard InChI is InChI=1S/C15H18N4O/c20-15(14-16-11-17-18-14)19-9-5-4-8-13(10-19)12-6-2-1-3-7-12/h1-3,6-7,11,13H,4-5,8-10H2,(H,16,17,18). The minimum Gasteiger partial charge on any atom is -0.335 e. The van der Waals surface area contributed by atoms with Gasteiger partial charge in [-0.25, -0.2) is 4.98 Å². The van der Waals surface area contributed by atoms with Gasteiger partial charge in [0.25, 0.3) is 5.91 Å². The molecule has 0 radical (unpaired) electrons. The summed E-state index contributed by atoms with van der Waals surface area (Å²) in [6.07, 6.45) is 4.70. The molecule has 20 heavy (non-hydrogen) atoms. The lowest BCUT2D eigenvalue weighted by atomic mass is 9.94. The maximum atomic E-state index is 12.4. The summed E-state index contributed by atoms with van der Waals surface area (Å²) in [6.45, 7) is 1.55. The first-order valence-corrected chi connectivity index (χ1v) is 7.04. The van der Waals surface area contributed by atoms with E-state index in [4.69, 9.17) is 0 Å². The highest BCUT2D eigenvalue weighted by Crippen LogP contribution is 2.26. The van der Waals surface area contributed by atoms with Gasteiger partial charge in [0.15, 0.2) is 0 Å². The van der Waals surface area contributed by atoms with E-state index < -0.39 is 0 Å². The van der Waals surface area contributed by atoms with Crippen LogP contribution in [-0.4, -0.2) is 39.1 Å². The number of hydrogen-bond acceptors (Lipinski definition) is 3. The van der Waals surface area contributed by atoms with Gasteiger partial charge in [-0.2, -0.15) is 5.10 Å². The summed E-state index contributed by atoms with van der Waals surface area (Å²) in [5, 5.41) is 6.41. The number of rotatable bonds is 2. The summed E-state index contributed by atoms with van der Waals surface area (Å²) >= 11 is 0. The maximum Gasteiger partial charge on any atom is 0.291 e. The van der Waals surface area contributed by atoms with Crippen LogP contribution in [0.3, 0.4) is 0 Å². The van der Waals surface area contributed by atoms with E-state index >= 15 is 0 Å². The van der Waals surface area contributed by atoms with Crippen LogP contribution in [0.2, 0.25) is 0 Å². The van der Waals surface area contributed by atoms with Crippen molar-refractivity contribution in [2.24, 2.45) is 0 Å². The van der Waals surface area contributed by atoms with Gasteiger partial charge >= 0.3 is 0 Å². The number of nitrogens with zero attached hydrogens (tertiary/aromatic N) is 3. The number of carbonyl (C=O) groups excluding carboxylic acids is 1. The van der Waals surface area contributed by atoms with Gasteiger partial charge in [-0.05, 0) is 18.4 Å². The van der Waals surface area contributed by atoms with Crippen LogP contribution in [0.25, 0.3) is 0 Å². The SMILES string of the molecule is O=C(c1ncn[nH]1)N1CCCCC(c2ccccc2)C1. The average molecular weight is 270 g/mol. The van der Waals surface area contributed by atoms with E-state index in [-0.39, 0.29) is 5.91 Å². The molecule has 1 atom stereocenters. The molecule has 0 saturated carbocycles. The monoisotopic (exact) mass is 270 g/mol. The Hall–Kier alpha value is -2.17. The van der Waals surface area contributed by atoms with E-state index in [1.54, 1.807) is 0 Å². The summed E-state index contributed by atoms with van der Waals surface area (Å²) in [5.41, 5.74) is 1.31. The minimum atomic E-state index is -0.0506. The highest BCUT2D eigenvalue weighted by molar-refractivity contribution is 5.90. The molecule has 2 aromatic rings.